The molecule has 2 aromatic rings. The summed E-state index contributed by atoms with van der Waals surface area (Å²) in [6.45, 7) is 4.81. The average Bonchev–Trinajstić information content (AvgIpc) is 3.01. The number of esters is 1. The summed E-state index contributed by atoms with van der Waals surface area (Å²) < 4.78 is 10.4. The lowest BCUT2D eigenvalue weighted by Crippen LogP contribution is -2.30. The Hall–Kier alpha value is -2.34. The van der Waals surface area contributed by atoms with Crippen LogP contribution in [0.5, 0.6) is 0 Å². The van der Waals surface area contributed by atoms with E-state index in [1.165, 1.54) is 0 Å². The van der Waals surface area contributed by atoms with Crippen molar-refractivity contribution in [1.29, 1.82) is 0 Å². The second-order valence-corrected chi connectivity index (χ2v) is 6.14. The second kappa shape index (κ2) is 9.84. The number of ether oxygens (including phenoxy) is 2. The van der Waals surface area contributed by atoms with Gasteiger partial charge in [-0.25, -0.2) is 0 Å². The van der Waals surface area contributed by atoms with Crippen molar-refractivity contribution in [3.63, 3.8) is 0 Å². The molecule has 1 heterocycles. The van der Waals surface area contributed by atoms with Gasteiger partial charge in [0, 0.05) is 36.7 Å². The van der Waals surface area contributed by atoms with Crippen molar-refractivity contribution < 1.29 is 19.1 Å². The number of hydrogen-bond donors (Lipinski definition) is 2. The van der Waals surface area contributed by atoms with E-state index in [9.17, 15) is 9.59 Å². The van der Waals surface area contributed by atoms with E-state index in [1.54, 1.807) is 0 Å². The Labute approximate surface area is 147 Å². The van der Waals surface area contributed by atoms with Crippen LogP contribution in [0, 0.1) is 0 Å². The molecule has 0 atom stereocenters. The van der Waals surface area contributed by atoms with E-state index in [0.29, 0.717) is 19.6 Å². The Bertz CT molecular complexity index is 694. The van der Waals surface area contributed by atoms with Crippen LogP contribution in [0.3, 0.4) is 0 Å². The van der Waals surface area contributed by atoms with E-state index < -0.39 is 0 Å². The largest absolute Gasteiger partial charge is 0.456 e. The normalized spacial score (nSPS) is 11.0. The summed E-state index contributed by atoms with van der Waals surface area (Å²) >= 11 is 0. The number of carbonyl (C=O) groups excluding carboxylic acids is 2. The summed E-state index contributed by atoms with van der Waals surface area (Å²) in [5.41, 5.74) is 2.12. The van der Waals surface area contributed by atoms with E-state index in [2.05, 4.69) is 10.3 Å². The summed E-state index contributed by atoms with van der Waals surface area (Å²) in [6, 6.07) is 7.94. The highest BCUT2D eigenvalue weighted by atomic mass is 16.5. The minimum atomic E-state index is -0.372. The Morgan fingerprint density at radius 1 is 1.24 bits per heavy atom. The highest BCUT2D eigenvalue weighted by molar-refractivity contribution is 5.84. The van der Waals surface area contributed by atoms with Gasteiger partial charge in [0.05, 0.1) is 6.10 Å². The van der Waals surface area contributed by atoms with Gasteiger partial charge in [-0.05, 0) is 38.3 Å². The van der Waals surface area contributed by atoms with E-state index in [0.717, 1.165) is 22.9 Å². The fourth-order valence-electron chi connectivity index (χ4n) is 2.46. The van der Waals surface area contributed by atoms with Crippen molar-refractivity contribution in [2.45, 2.75) is 39.2 Å². The summed E-state index contributed by atoms with van der Waals surface area (Å²) in [5, 5.41) is 3.81. The number of rotatable bonds is 10. The van der Waals surface area contributed by atoms with Gasteiger partial charge in [0.1, 0.15) is 0 Å². The number of nitrogens with one attached hydrogen (secondary N) is 2. The van der Waals surface area contributed by atoms with Crippen molar-refractivity contribution in [2.75, 3.05) is 19.8 Å². The molecule has 1 aromatic heterocycles. The molecule has 0 aliphatic carbocycles. The maximum absolute atomic E-state index is 11.8. The smallest absolute Gasteiger partial charge is 0.306 e. The van der Waals surface area contributed by atoms with E-state index >= 15 is 0 Å². The average molecular weight is 346 g/mol. The summed E-state index contributed by atoms with van der Waals surface area (Å²) in [6.07, 6.45) is 3.66. The van der Waals surface area contributed by atoms with Crippen LogP contribution in [-0.2, 0) is 25.5 Å². The van der Waals surface area contributed by atoms with Crippen molar-refractivity contribution in [3.05, 3.63) is 36.0 Å². The molecule has 1 aromatic carbocycles. The van der Waals surface area contributed by atoms with Crippen LogP contribution in [-0.4, -0.2) is 42.7 Å². The maximum atomic E-state index is 11.8. The molecule has 6 heteroatoms. The zero-order valence-corrected chi connectivity index (χ0v) is 14.8. The van der Waals surface area contributed by atoms with Gasteiger partial charge in [-0.15, -0.1) is 0 Å². The lowest BCUT2D eigenvalue weighted by molar-refractivity contribution is -0.148. The first kappa shape index (κ1) is 19.0. The quantitative estimate of drug-likeness (QED) is 0.512. The molecule has 0 saturated heterocycles. The number of para-hydroxylation sites is 1. The summed E-state index contributed by atoms with van der Waals surface area (Å²) in [4.78, 5) is 26.6. The van der Waals surface area contributed by atoms with Crippen LogP contribution in [0.1, 0.15) is 32.3 Å². The number of benzene rings is 1. The van der Waals surface area contributed by atoms with E-state index in [1.807, 2.05) is 44.3 Å². The van der Waals surface area contributed by atoms with Gasteiger partial charge in [0.25, 0.3) is 5.91 Å². The molecule has 25 heavy (non-hydrogen) atoms. The Morgan fingerprint density at radius 3 is 2.84 bits per heavy atom. The number of H-pyrrole nitrogens is 1. The molecule has 6 nitrogen and oxygen atoms in total. The minimum Gasteiger partial charge on any atom is -0.456 e. The van der Waals surface area contributed by atoms with Crippen LogP contribution in [0.2, 0.25) is 0 Å². The standard InChI is InChI=1S/C19H26N2O4/c1-14(2)24-11-5-10-20-18(22)13-25-19(23)9-8-15-12-21-17-7-4-3-6-16(15)17/h3-4,6-7,12,14,21H,5,8-11,13H2,1-2H3,(H,20,22). The number of fused-ring (bicyclic) bond motifs is 1. The molecule has 0 unspecified atom stereocenters. The maximum Gasteiger partial charge on any atom is 0.306 e. The van der Waals surface area contributed by atoms with Crippen LogP contribution in [0.4, 0.5) is 0 Å². The van der Waals surface area contributed by atoms with Gasteiger partial charge in [-0.2, -0.15) is 0 Å². The zero-order valence-electron chi connectivity index (χ0n) is 14.8. The van der Waals surface area contributed by atoms with Crippen molar-refractivity contribution in [3.8, 4) is 0 Å². The molecule has 0 saturated carbocycles. The van der Waals surface area contributed by atoms with Gasteiger partial charge in [0.15, 0.2) is 6.61 Å². The van der Waals surface area contributed by atoms with Crippen molar-refractivity contribution in [2.24, 2.45) is 0 Å². The van der Waals surface area contributed by atoms with Crippen molar-refractivity contribution >= 4 is 22.8 Å². The molecule has 1 amide bonds. The Kier molecular flexibility index (Phi) is 7.47. The van der Waals surface area contributed by atoms with Crippen LogP contribution in [0.15, 0.2) is 30.5 Å². The Balaban J connectivity index is 1.61. The third kappa shape index (κ3) is 6.58. The predicted molar refractivity (Wildman–Crippen MR) is 96.3 cm³/mol. The zero-order chi connectivity index (χ0) is 18.1. The minimum absolute atomic E-state index is 0.189. The number of aromatic nitrogens is 1. The third-order valence-corrected chi connectivity index (χ3v) is 3.73. The number of aryl methyl sites for hydroxylation is 1. The Morgan fingerprint density at radius 2 is 2.04 bits per heavy atom. The molecule has 0 fully saturated rings. The first-order chi connectivity index (χ1) is 12.1. The predicted octanol–water partition coefficient (Wildman–Crippen LogP) is 2.58. The topological polar surface area (TPSA) is 80.4 Å². The molecular formula is C19H26N2O4. The summed E-state index contributed by atoms with van der Waals surface area (Å²) in [5.74, 6) is -0.659. The van der Waals surface area contributed by atoms with Crippen molar-refractivity contribution in [1.82, 2.24) is 10.3 Å². The third-order valence-electron chi connectivity index (χ3n) is 3.73. The highest BCUT2D eigenvalue weighted by Crippen LogP contribution is 2.19. The molecule has 0 bridgehead atoms. The summed E-state index contributed by atoms with van der Waals surface area (Å²) in [7, 11) is 0. The van der Waals surface area contributed by atoms with Gasteiger partial charge in [-0.1, -0.05) is 18.2 Å². The number of amides is 1. The molecule has 0 radical (unpaired) electrons. The fraction of sp³-hybridized carbons (Fsp3) is 0.474. The molecule has 0 spiro atoms. The first-order valence-electron chi connectivity index (χ1n) is 8.65. The van der Waals surface area contributed by atoms with Crippen LogP contribution < -0.4 is 5.32 Å². The molecular weight excluding hydrogens is 320 g/mol. The molecule has 2 rings (SSSR count). The molecule has 0 aliphatic heterocycles. The van der Waals surface area contributed by atoms with Gasteiger partial charge in [0.2, 0.25) is 0 Å². The van der Waals surface area contributed by atoms with Crippen LogP contribution in [0.25, 0.3) is 10.9 Å². The highest BCUT2D eigenvalue weighted by Gasteiger charge is 2.09. The number of hydrogen-bond acceptors (Lipinski definition) is 4. The number of carbonyl (C=O) groups is 2. The van der Waals surface area contributed by atoms with E-state index in [-0.39, 0.29) is 31.0 Å². The first-order valence-corrected chi connectivity index (χ1v) is 8.65. The van der Waals surface area contributed by atoms with E-state index in [4.69, 9.17) is 9.47 Å². The lowest BCUT2D eigenvalue weighted by Gasteiger charge is -2.08. The molecule has 136 valence electrons. The van der Waals surface area contributed by atoms with Gasteiger partial charge in [-0.3, -0.25) is 9.59 Å². The van der Waals surface area contributed by atoms with Crippen LogP contribution >= 0.6 is 0 Å². The van der Waals surface area contributed by atoms with Gasteiger partial charge < -0.3 is 19.8 Å². The monoisotopic (exact) mass is 346 g/mol. The second-order valence-electron chi connectivity index (χ2n) is 6.14. The molecule has 2 N–H and O–H groups in total. The van der Waals surface area contributed by atoms with Gasteiger partial charge >= 0.3 is 5.97 Å². The lowest BCUT2D eigenvalue weighted by atomic mass is 10.1. The fourth-order valence-corrected chi connectivity index (χ4v) is 2.46. The molecule has 0 aliphatic rings. The number of aromatic amines is 1. The SMILES string of the molecule is CC(C)OCCCNC(=O)COC(=O)CCc1c[nH]c2ccccc12.